The summed E-state index contributed by atoms with van der Waals surface area (Å²) in [5.41, 5.74) is 0. The van der Waals surface area contributed by atoms with Crippen LogP contribution in [0.5, 0.6) is 0 Å². The minimum absolute atomic E-state index is 0.912. The molecule has 0 spiro atoms. The molecule has 10 heavy (non-hydrogen) atoms. The highest BCUT2D eigenvalue weighted by atomic mass is 35.8. The van der Waals surface area contributed by atoms with Gasteiger partial charge in [-0.05, 0) is 19.1 Å². The first kappa shape index (κ1) is 8.88. The standard InChI is InChI=1S/C5H5Cl3SSi/c1-4-2-3-5(9-4)10(6,7)8/h2-3H,1H3. The Morgan fingerprint density at radius 3 is 2.10 bits per heavy atom. The van der Waals surface area contributed by atoms with Gasteiger partial charge in [0, 0.05) is 9.38 Å². The van der Waals surface area contributed by atoms with Crippen molar-refractivity contribution in [1.82, 2.24) is 0 Å². The number of thiophene rings is 1. The van der Waals surface area contributed by atoms with E-state index in [1.165, 1.54) is 4.88 Å². The molecule has 1 aromatic heterocycles. The van der Waals surface area contributed by atoms with Gasteiger partial charge in [0.05, 0.1) is 0 Å². The maximum Gasteiger partial charge on any atom is 0.383 e. The average molecular weight is 232 g/mol. The van der Waals surface area contributed by atoms with Crippen molar-refractivity contribution in [1.29, 1.82) is 0 Å². The van der Waals surface area contributed by atoms with Crippen LogP contribution in [0.1, 0.15) is 4.88 Å². The van der Waals surface area contributed by atoms with Crippen LogP contribution < -0.4 is 4.50 Å². The van der Waals surface area contributed by atoms with E-state index in [9.17, 15) is 0 Å². The molecule has 0 atom stereocenters. The summed E-state index contributed by atoms with van der Waals surface area (Å²) in [6.07, 6.45) is 0. The monoisotopic (exact) mass is 230 g/mol. The summed E-state index contributed by atoms with van der Waals surface area (Å²) in [5, 5.41) is 0. The Morgan fingerprint density at radius 2 is 1.90 bits per heavy atom. The molecule has 0 bridgehead atoms. The Morgan fingerprint density at radius 1 is 1.30 bits per heavy atom. The van der Waals surface area contributed by atoms with Crippen molar-refractivity contribution in [2.45, 2.75) is 6.92 Å². The fourth-order valence-electron chi connectivity index (χ4n) is 0.587. The molecule has 0 aliphatic heterocycles. The molecule has 1 aromatic rings. The lowest BCUT2D eigenvalue weighted by Gasteiger charge is -2.01. The summed E-state index contributed by atoms with van der Waals surface area (Å²) < 4.78 is 0.912. The van der Waals surface area contributed by atoms with Crippen LogP contribution in [-0.2, 0) is 0 Å². The second kappa shape index (κ2) is 3.03. The molecule has 0 fully saturated rings. The minimum atomic E-state index is -2.58. The van der Waals surface area contributed by atoms with Crippen LogP contribution in [-0.4, -0.2) is 6.00 Å². The Bertz CT molecular complexity index is 227. The van der Waals surface area contributed by atoms with Gasteiger partial charge in [-0.3, -0.25) is 0 Å². The molecule has 0 radical (unpaired) electrons. The quantitative estimate of drug-likeness (QED) is 0.515. The van der Waals surface area contributed by atoms with Crippen molar-refractivity contribution in [2.75, 3.05) is 0 Å². The van der Waals surface area contributed by atoms with Gasteiger partial charge in [0.25, 0.3) is 0 Å². The maximum absolute atomic E-state index is 5.75. The molecule has 0 amide bonds. The summed E-state index contributed by atoms with van der Waals surface area (Å²) in [4.78, 5) is 1.19. The van der Waals surface area contributed by atoms with Crippen molar-refractivity contribution in [3.63, 3.8) is 0 Å². The van der Waals surface area contributed by atoms with Gasteiger partial charge in [-0.25, -0.2) is 0 Å². The van der Waals surface area contributed by atoms with E-state index in [0.717, 1.165) is 4.50 Å². The molecule has 0 saturated heterocycles. The molecule has 0 nitrogen and oxygen atoms in total. The molecule has 56 valence electrons. The predicted octanol–water partition coefficient (Wildman–Crippen LogP) is 2.92. The molecule has 5 heteroatoms. The first-order chi connectivity index (χ1) is 4.50. The van der Waals surface area contributed by atoms with Gasteiger partial charge in [0.2, 0.25) is 0 Å². The molecule has 0 aliphatic rings. The van der Waals surface area contributed by atoms with E-state index in [0.29, 0.717) is 0 Å². The number of aryl methyl sites for hydroxylation is 1. The zero-order chi connectivity index (χ0) is 7.78. The molecular formula is C5H5Cl3SSi. The van der Waals surface area contributed by atoms with Crippen molar-refractivity contribution in [2.24, 2.45) is 0 Å². The van der Waals surface area contributed by atoms with Gasteiger partial charge in [-0.2, -0.15) is 0 Å². The largest absolute Gasteiger partial charge is 0.383 e. The Labute approximate surface area is 78.8 Å². The number of hydrogen-bond donors (Lipinski definition) is 0. The number of rotatable bonds is 1. The van der Waals surface area contributed by atoms with Gasteiger partial charge in [0.1, 0.15) is 0 Å². The van der Waals surface area contributed by atoms with Crippen molar-refractivity contribution in [3.05, 3.63) is 17.0 Å². The van der Waals surface area contributed by atoms with E-state index in [1.54, 1.807) is 11.3 Å². The smallest absolute Gasteiger partial charge is 0.146 e. The van der Waals surface area contributed by atoms with E-state index in [4.69, 9.17) is 33.2 Å². The second-order valence-electron chi connectivity index (χ2n) is 1.91. The lowest BCUT2D eigenvalue weighted by atomic mass is 10.5. The molecule has 0 N–H and O–H groups in total. The summed E-state index contributed by atoms with van der Waals surface area (Å²) in [7, 11) is 0. The van der Waals surface area contributed by atoms with E-state index in [-0.39, 0.29) is 0 Å². The predicted molar refractivity (Wildman–Crippen MR) is 52.0 cm³/mol. The molecule has 0 saturated carbocycles. The topological polar surface area (TPSA) is 0 Å². The van der Waals surface area contributed by atoms with Crippen LogP contribution in [0, 0.1) is 6.92 Å². The molecule has 1 rings (SSSR count). The van der Waals surface area contributed by atoms with Crippen LogP contribution in [0.3, 0.4) is 0 Å². The molecule has 0 unspecified atom stereocenters. The van der Waals surface area contributed by atoms with Gasteiger partial charge in [-0.1, -0.05) is 0 Å². The van der Waals surface area contributed by atoms with E-state index in [2.05, 4.69) is 0 Å². The van der Waals surface area contributed by atoms with Crippen LogP contribution in [0.25, 0.3) is 0 Å². The van der Waals surface area contributed by atoms with Gasteiger partial charge >= 0.3 is 6.00 Å². The number of halogens is 3. The SMILES string of the molecule is Cc1ccc([Si](Cl)(Cl)Cl)s1. The second-order valence-corrected chi connectivity index (χ2v) is 11.9. The molecule has 0 aromatic carbocycles. The van der Waals surface area contributed by atoms with E-state index in [1.807, 2.05) is 19.1 Å². The van der Waals surface area contributed by atoms with Crippen LogP contribution >= 0.6 is 44.6 Å². The van der Waals surface area contributed by atoms with Crippen LogP contribution in [0.2, 0.25) is 0 Å². The summed E-state index contributed by atoms with van der Waals surface area (Å²) in [6.45, 7) is 2.00. The van der Waals surface area contributed by atoms with Crippen molar-refractivity contribution >= 4 is 55.1 Å². The lowest BCUT2D eigenvalue weighted by Crippen LogP contribution is -2.26. The van der Waals surface area contributed by atoms with E-state index >= 15 is 0 Å². The summed E-state index contributed by atoms with van der Waals surface area (Å²) in [6, 6.07) is 1.28. The Hall–Kier alpha value is 0.787. The zero-order valence-electron chi connectivity index (χ0n) is 5.20. The molecule has 1 heterocycles. The third-order valence-electron chi connectivity index (χ3n) is 1.02. The highest BCUT2D eigenvalue weighted by molar-refractivity contribution is 7.73. The van der Waals surface area contributed by atoms with Crippen LogP contribution in [0.4, 0.5) is 0 Å². The Balaban J connectivity index is 2.96. The molecule has 0 aliphatic carbocycles. The summed E-state index contributed by atoms with van der Waals surface area (Å²) >= 11 is 18.8. The fraction of sp³-hybridized carbons (Fsp3) is 0.200. The van der Waals surface area contributed by atoms with Crippen molar-refractivity contribution < 1.29 is 0 Å². The molecular weight excluding hydrogens is 227 g/mol. The van der Waals surface area contributed by atoms with Gasteiger partial charge in [-0.15, -0.1) is 44.6 Å². The summed E-state index contributed by atoms with van der Waals surface area (Å²) in [5.74, 6) is 0. The average Bonchev–Trinajstić information content (AvgIpc) is 2.11. The Kier molecular flexibility index (Phi) is 2.69. The van der Waals surface area contributed by atoms with Crippen LogP contribution in [0.15, 0.2) is 12.1 Å². The first-order valence-electron chi connectivity index (χ1n) is 2.64. The van der Waals surface area contributed by atoms with Gasteiger partial charge < -0.3 is 0 Å². The maximum atomic E-state index is 5.75. The highest BCUT2D eigenvalue weighted by Crippen LogP contribution is 2.23. The fourth-order valence-corrected chi connectivity index (χ4v) is 4.03. The first-order valence-corrected chi connectivity index (χ1v) is 8.49. The third-order valence-corrected chi connectivity index (χ3v) is 6.62. The van der Waals surface area contributed by atoms with E-state index < -0.39 is 6.00 Å². The third kappa shape index (κ3) is 2.14. The van der Waals surface area contributed by atoms with Gasteiger partial charge in [0.15, 0.2) is 0 Å². The lowest BCUT2D eigenvalue weighted by molar-refractivity contribution is 1.64. The van der Waals surface area contributed by atoms with Crippen molar-refractivity contribution in [3.8, 4) is 0 Å². The minimum Gasteiger partial charge on any atom is -0.146 e. The highest BCUT2D eigenvalue weighted by Gasteiger charge is 2.29. The normalized spacial score (nSPS) is 12.0. The number of hydrogen-bond acceptors (Lipinski definition) is 1. The zero-order valence-corrected chi connectivity index (χ0v) is 9.28.